The zero-order valence-corrected chi connectivity index (χ0v) is 15.9. The van der Waals surface area contributed by atoms with Gasteiger partial charge >= 0.3 is 6.03 Å². The molecule has 6 nitrogen and oxygen atoms in total. The quantitative estimate of drug-likeness (QED) is 0.767. The molecule has 2 saturated heterocycles. The molecule has 0 aromatic heterocycles. The molecular formula is C21H27N3O3. The highest BCUT2D eigenvalue weighted by Gasteiger charge is 2.57. The molecule has 0 unspecified atom stereocenters. The van der Waals surface area contributed by atoms with Crippen LogP contribution >= 0.6 is 0 Å². The van der Waals surface area contributed by atoms with E-state index in [1.54, 1.807) is 4.90 Å². The molecule has 1 spiro atoms. The van der Waals surface area contributed by atoms with Gasteiger partial charge in [-0.1, -0.05) is 36.8 Å². The minimum absolute atomic E-state index is 0.0957. The fraction of sp³-hybridized carbons (Fsp3) is 0.571. The van der Waals surface area contributed by atoms with Crippen molar-refractivity contribution in [3.8, 4) is 0 Å². The van der Waals surface area contributed by atoms with Gasteiger partial charge < -0.3 is 9.80 Å². The molecule has 2 aliphatic heterocycles. The van der Waals surface area contributed by atoms with Crippen LogP contribution in [0.1, 0.15) is 44.6 Å². The number of hydrogen-bond acceptors (Lipinski definition) is 3. The van der Waals surface area contributed by atoms with Crippen LogP contribution < -0.4 is 0 Å². The molecule has 1 saturated carbocycles. The molecule has 27 heavy (non-hydrogen) atoms. The van der Waals surface area contributed by atoms with Gasteiger partial charge in [0, 0.05) is 32.1 Å². The first-order chi connectivity index (χ1) is 13.1. The molecule has 1 aromatic carbocycles. The van der Waals surface area contributed by atoms with Gasteiger partial charge in [-0.25, -0.2) is 4.79 Å². The molecule has 4 amide bonds. The van der Waals surface area contributed by atoms with E-state index in [1.165, 1.54) is 4.90 Å². The van der Waals surface area contributed by atoms with Gasteiger partial charge in [0.15, 0.2) is 0 Å². The zero-order valence-electron chi connectivity index (χ0n) is 15.9. The Morgan fingerprint density at radius 2 is 1.78 bits per heavy atom. The van der Waals surface area contributed by atoms with Crippen molar-refractivity contribution in [2.45, 2.75) is 51.1 Å². The number of likely N-dealkylation sites (N-methyl/N-ethyl adjacent to an activating group) is 1. The fourth-order valence-corrected chi connectivity index (χ4v) is 4.54. The summed E-state index contributed by atoms with van der Waals surface area (Å²) in [4.78, 5) is 43.7. The molecular weight excluding hydrogens is 342 g/mol. The first kappa shape index (κ1) is 18.0. The smallest absolute Gasteiger partial charge is 0.327 e. The maximum atomic E-state index is 13.2. The highest BCUT2D eigenvalue weighted by Crippen LogP contribution is 2.39. The molecule has 0 bridgehead atoms. The zero-order chi connectivity index (χ0) is 19.0. The van der Waals surface area contributed by atoms with Crippen LogP contribution in [0.4, 0.5) is 4.79 Å². The van der Waals surface area contributed by atoms with Crippen LogP contribution in [0.3, 0.4) is 0 Å². The summed E-state index contributed by atoms with van der Waals surface area (Å²) >= 11 is 0. The topological polar surface area (TPSA) is 60.9 Å². The second-order valence-corrected chi connectivity index (χ2v) is 7.89. The maximum absolute atomic E-state index is 13.2. The molecule has 1 aliphatic carbocycles. The summed E-state index contributed by atoms with van der Waals surface area (Å²) in [5.74, 6) is 0.309. The van der Waals surface area contributed by atoms with Crippen LogP contribution in [0.15, 0.2) is 30.3 Å². The molecule has 2 heterocycles. The molecule has 3 fully saturated rings. The van der Waals surface area contributed by atoms with E-state index in [0.717, 1.165) is 24.8 Å². The molecule has 0 atom stereocenters. The predicted octanol–water partition coefficient (Wildman–Crippen LogP) is 2.63. The van der Waals surface area contributed by atoms with Crippen molar-refractivity contribution >= 4 is 17.8 Å². The SMILES string of the molecule is CCN1C(=O)N(Cc2ccccc2)C2(CCN(C(=O)C3CCC3)CC2)C1=O. The third-order valence-corrected chi connectivity index (χ3v) is 6.48. The van der Waals surface area contributed by atoms with Crippen molar-refractivity contribution in [2.24, 2.45) is 5.92 Å². The molecule has 4 rings (SSSR count). The van der Waals surface area contributed by atoms with Gasteiger partial charge in [0.2, 0.25) is 5.91 Å². The average Bonchev–Trinajstić information content (AvgIpc) is 2.83. The lowest BCUT2D eigenvalue weighted by Crippen LogP contribution is -2.57. The van der Waals surface area contributed by atoms with Crippen molar-refractivity contribution in [3.63, 3.8) is 0 Å². The van der Waals surface area contributed by atoms with Crippen LogP contribution in [0.2, 0.25) is 0 Å². The number of carbonyl (C=O) groups excluding carboxylic acids is 3. The summed E-state index contributed by atoms with van der Waals surface area (Å²) in [5.41, 5.74) is 0.211. The Balaban J connectivity index is 1.55. The van der Waals surface area contributed by atoms with Crippen molar-refractivity contribution in [3.05, 3.63) is 35.9 Å². The van der Waals surface area contributed by atoms with Gasteiger partial charge in [-0.3, -0.25) is 14.5 Å². The van der Waals surface area contributed by atoms with E-state index >= 15 is 0 Å². The molecule has 0 radical (unpaired) electrons. The normalized spacial score (nSPS) is 22.5. The van der Waals surface area contributed by atoms with Crippen LogP contribution in [0.5, 0.6) is 0 Å². The van der Waals surface area contributed by atoms with Crippen molar-refractivity contribution in [1.29, 1.82) is 0 Å². The number of urea groups is 1. The van der Waals surface area contributed by atoms with E-state index in [-0.39, 0.29) is 23.8 Å². The first-order valence-corrected chi connectivity index (χ1v) is 10.0. The lowest BCUT2D eigenvalue weighted by atomic mass is 9.81. The second kappa shape index (κ2) is 6.98. The first-order valence-electron chi connectivity index (χ1n) is 10.0. The number of piperidine rings is 1. The van der Waals surface area contributed by atoms with Gasteiger partial charge in [-0.2, -0.15) is 0 Å². The average molecular weight is 369 g/mol. The lowest BCUT2D eigenvalue weighted by Gasteiger charge is -2.43. The van der Waals surface area contributed by atoms with Gasteiger partial charge in [-0.15, -0.1) is 0 Å². The monoisotopic (exact) mass is 369 g/mol. The van der Waals surface area contributed by atoms with E-state index in [2.05, 4.69) is 0 Å². The molecule has 0 N–H and O–H groups in total. The Kier molecular flexibility index (Phi) is 4.66. The van der Waals surface area contributed by atoms with Crippen molar-refractivity contribution < 1.29 is 14.4 Å². The molecule has 1 aromatic rings. The molecule has 6 heteroatoms. The predicted molar refractivity (Wildman–Crippen MR) is 101 cm³/mol. The third-order valence-electron chi connectivity index (χ3n) is 6.48. The van der Waals surface area contributed by atoms with E-state index < -0.39 is 5.54 Å². The summed E-state index contributed by atoms with van der Waals surface area (Å²) in [7, 11) is 0. The van der Waals surface area contributed by atoms with Crippen molar-refractivity contribution in [2.75, 3.05) is 19.6 Å². The minimum atomic E-state index is -0.806. The Morgan fingerprint density at radius 1 is 1.11 bits per heavy atom. The second-order valence-electron chi connectivity index (χ2n) is 7.89. The Bertz CT molecular complexity index is 736. The summed E-state index contributed by atoms with van der Waals surface area (Å²) in [6.07, 6.45) is 4.17. The number of likely N-dealkylation sites (tertiary alicyclic amines) is 1. The third kappa shape index (κ3) is 2.91. The Labute approximate surface area is 160 Å². The number of hydrogen-bond donors (Lipinski definition) is 0. The Morgan fingerprint density at radius 3 is 2.33 bits per heavy atom. The van der Waals surface area contributed by atoms with E-state index in [9.17, 15) is 14.4 Å². The van der Waals surface area contributed by atoms with E-state index in [0.29, 0.717) is 39.0 Å². The van der Waals surface area contributed by atoms with Gasteiger partial charge in [0.05, 0.1) is 0 Å². The maximum Gasteiger partial charge on any atom is 0.327 e. The number of amides is 4. The van der Waals surface area contributed by atoms with E-state index in [1.807, 2.05) is 42.2 Å². The summed E-state index contributed by atoms with van der Waals surface area (Å²) in [5, 5.41) is 0. The van der Waals surface area contributed by atoms with Gasteiger partial charge in [0.25, 0.3) is 5.91 Å². The van der Waals surface area contributed by atoms with Crippen LogP contribution in [0.25, 0.3) is 0 Å². The summed E-state index contributed by atoms with van der Waals surface area (Å²) in [6, 6.07) is 9.60. The van der Waals surface area contributed by atoms with E-state index in [4.69, 9.17) is 0 Å². The van der Waals surface area contributed by atoms with Gasteiger partial charge in [-0.05, 0) is 38.2 Å². The lowest BCUT2D eigenvalue weighted by molar-refractivity contribution is -0.145. The standard InChI is InChI=1S/C21H27N3O3/c1-2-23-19(26)21(24(20(23)27)15-16-7-4-3-5-8-16)11-13-22(14-12-21)18(25)17-9-6-10-17/h3-5,7-8,17H,2,6,9-15H2,1H3. The van der Waals surface area contributed by atoms with Crippen LogP contribution in [-0.2, 0) is 16.1 Å². The number of carbonyl (C=O) groups is 3. The number of imide groups is 1. The highest BCUT2D eigenvalue weighted by molar-refractivity contribution is 6.07. The number of rotatable bonds is 4. The summed E-state index contributed by atoms with van der Waals surface area (Å²) < 4.78 is 0. The molecule has 144 valence electrons. The number of benzene rings is 1. The van der Waals surface area contributed by atoms with Crippen LogP contribution in [0, 0.1) is 5.92 Å². The largest absolute Gasteiger partial charge is 0.342 e. The van der Waals surface area contributed by atoms with Gasteiger partial charge in [0.1, 0.15) is 5.54 Å². The Hall–Kier alpha value is -2.37. The number of nitrogens with zero attached hydrogens (tertiary/aromatic N) is 3. The van der Waals surface area contributed by atoms with Crippen LogP contribution in [-0.4, -0.2) is 57.7 Å². The molecule has 3 aliphatic rings. The minimum Gasteiger partial charge on any atom is -0.342 e. The van der Waals surface area contributed by atoms with Crippen molar-refractivity contribution in [1.82, 2.24) is 14.7 Å². The highest BCUT2D eigenvalue weighted by atomic mass is 16.2. The fourth-order valence-electron chi connectivity index (χ4n) is 4.54. The summed E-state index contributed by atoms with van der Waals surface area (Å²) in [6.45, 7) is 3.76.